The van der Waals surface area contributed by atoms with Gasteiger partial charge in [-0.1, -0.05) is 36.2 Å². The number of hydrogen-bond donors (Lipinski definition) is 1. The molecule has 3 unspecified atom stereocenters. The van der Waals surface area contributed by atoms with Crippen LogP contribution in [0.15, 0.2) is 30.9 Å². The van der Waals surface area contributed by atoms with Gasteiger partial charge in [0, 0.05) is 21.5 Å². The zero-order chi connectivity index (χ0) is 15.0. The Balaban J connectivity index is 2.01. The Morgan fingerprint density at radius 3 is 2.86 bits per heavy atom. The summed E-state index contributed by atoms with van der Waals surface area (Å²) < 4.78 is 6.93. The summed E-state index contributed by atoms with van der Waals surface area (Å²) in [7, 11) is 0. The standard InChI is InChI=1S/C14H15Cl2N3O2/c1-9(13-5-21-13)14(20,6-19-8-17-7-18-19)11-3-2-10(15)4-12(11)16/h2-4,7-9,13,20H,5-6H2,1H3. The van der Waals surface area contributed by atoms with Gasteiger partial charge in [-0.05, 0) is 12.1 Å². The lowest BCUT2D eigenvalue weighted by Crippen LogP contribution is -2.41. The molecule has 112 valence electrons. The fourth-order valence-electron chi connectivity index (χ4n) is 2.53. The second-order valence-electron chi connectivity index (χ2n) is 5.30. The number of epoxide rings is 1. The maximum atomic E-state index is 11.3. The van der Waals surface area contributed by atoms with Crippen molar-refractivity contribution >= 4 is 23.2 Å². The summed E-state index contributed by atoms with van der Waals surface area (Å²) in [4.78, 5) is 3.91. The van der Waals surface area contributed by atoms with E-state index >= 15 is 0 Å². The van der Waals surface area contributed by atoms with Gasteiger partial charge in [-0.25, -0.2) is 9.67 Å². The van der Waals surface area contributed by atoms with E-state index in [1.165, 1.54) is 6.33 Å². The van der Waals surface area contributed by atoms with E-state index < -0.39 is 5.60 Å². The average molecular weight is 328 g/mol. The molecule has 2 aromatic rings. The van der Waals surface area contributed by atoms with Crippen molar-refractivity contribution in [3.63, 3.8) is 0 Å². The Morgan fingerprint density at radius 1 is 1.52 bits per heavy atom. The first-order chi connectivity index (χ1) is 10.0. The van der Waals surface area contributed by atoms with E-state index in [-0.39, 0.29) is 18.6 Å². The van der Waals surface area contributed by atoms with Gasteiger partial charge in [-0.15, -0.1) is 0 Å². The number of ether oxygens (including phenoxy) is 1. The molecule has 3 atom stereocenters. The quantitative estimate of drug-likeness (QED) is 0.857. The fraction of sp³-hybridized carbons (Fsp3) is 0.429. The van der Waals surface area contributed by atoms with Crippen LogP contribution in [0.4, 0.5) is 0 Å². The molecule has 0 saturated carbocycles. The normalized spacial score (nSPS) is 21.8. The molecule has 1 N–H and O–H groups in total. The van der Waals surface area contributed by atoms with E-state index in [0.29, 0.717) is 22.2 Å². The van der Waals surface area contributed by atoms with Crippen molar-refractivity contribution in [1.29, 1.82) is 0 Å². The highest BCUT2D eigenvalue weighted by atomic mass is 35.5. The fourth-order valence-corrected chi connectivity index (χ4v) is 3.10. The molecule has 0 bridgehead atoms. The van der Waals surface area contributed by atoms with Crippen molar-refractivity contribution in [3.8, 4) is 0 Å². The van der Waals surface area contributed by atoms with Gasteiger partial charge in [0.25, 0.3) is 0 Å². The maximum absolute atomic E-state index is 11.3. The highest BCUT2D eigenvalue weighted by molar-refractivity contribution is 6.35. The lowest BCUT2D eigenvalue weighted by atomic mass is 9.80. The van der Waals surface area contributed by atoms with Gasteiger partial charge in [-0.2, -0.15) is 5.10 Å². The van der Waals surface area contributed by atoms with Gasteiger partial charge < -0.3 is 9.84 Å². The molecule has 2 heterocycles. The minimum atomic E-state index is -1.21. The largest absolute Gasteiger partial charge is 0.383 e. The van der Waals surface area contributed by atoms with Gasteiger partial charge in [0.2, 0.25) is 0 Å². The Kier molecular flexibility index (Phi) is 3.92. The van der Waals surface area contributed by atoms with E-state index in [2.05, 4.69) is 10.1 Å². The number of aromatic nitrogens is 3. The highest BCUT2D eigenvalue weighted by Crippen LogP contribution is 2.41. The second-order valence-corrected chi connectivity index (χ2v) is 6.15. The van der Waals surface area contributed by atoms with Crippen molar-refractivity contribution < 1.29 is 9.84 Å². The van der Waals surface area contributed by atoms with Gasteiger partial charge in [-0.3, -0.25) is 0 Å². The molecule has 0 spiro atoms. The zero-order valence-electron chi connectivity index (χ0n) is 11.4. The summed E-state index contributed by atoms with van der Waals surface area (Å²) in [5.41, 5.74) is -0.594. The Bertz CT molecular complexity index is 631. The minimum absolute atomic E-state index is 0.0188. The van der Waals surface area contributed by atoms with Gasteiger partial charge in [0.05, 0.1) is 19.3 Å². The lowest BCUT2D eigenvalue weighted by Gasteiger charge is -2.34. The van der Waals surface area contributed by atoms with Crippen LogP contribution in [0, 0.1) is 5.92 Å². The molecule has 7 heteroatoms. The maximum Gasteiger partial charge on any atom is 0.137 e. The third kappa shape index (κ3) is 2.92. The first-order valence-corrected chi connectivity index (χ1v) is 7.38. The molecule has 1 aromatic heterocycles. The molecule has 0 aliphatic carbocycles. The van der Waals surface area contributed by atoms with Crippen molar-refractivity contribution in [3.05, 3.63) is 46.5 Å². The van der Waals surface area contributed by atoms with E-state index in [9.17, 15) is 5.11 Å². The first-order valence-electron chi connectivity index (χ1n) is 6.62. The third-order valence-electron chi connectivity index (χ3n) is 3.94. The molecule has 1 aliphatic rings. The smallest absolute Gasteiger partial charge is 0.137 e. The summed E-state index contributed by atoms with van der Waals surface area (Å²) in [6.07, 6.45) is 3.02. The molecule has 3 rings (SSSR count). The molecule has 0 amide bonds. The lowest BCUT2D eigenvalue weighted by molar-refractivity contribution is -0.0450. The summed E-state index contributed by atoms with van der Waals surface area (Å²) in [5, 5.41) is 16.3. The van der Waals surface area contributed by atoms with E-state index in [1.807, 2.05) is 6.92 Å². The third-order valence-corrected chi connectivity index (χ3v) is 4.49. The molecule has 1 aromatic carbocycles. The van der Waals surface area contributed by atoms with Crippen LogP contribution in [0.5, 0.6) is 0 Å². The van der Waals surface area contributed by atoms with E-state index in [0.717, 1.165) is 0 Å². The molecule has 1 fully saturated rings. The average Bonchev–Trinajstić information content (AvgIpc) is 3.16. The summed E-state index contributed by atoms with van der Waals surface area (Å²) in [6, 6.07) is 5.10. The number of halogens is 2. The van der Waals surface area contributed by atoms with E-state index in [1.54, 1.807) is 29.2 Å². The predicted octanol–water partition coefficient (Wildman–Crippen LogP) is 2.51. The van der Waals surface area contributed by atoms with Gasteiger partial charge in [0.15, 0.2) is 0 Å². The SMILES string of the molecule is CC(C1CO1)C(O)(Cn1cncn1)c1ccc(Cl)cc1Cl. The predicted molar refractivity (Wildman–Crippen MR) is 79.3 cm³/mol. The Labute approximate surface area is 132 Å². The van der Waals surface area contributed by atoms with Crippen molar-refractivity contribution in [2.45, 2.75) is 25.2 Å². The monoisotopic (exact) mass is 327 g/mol. The topological polar surface area (TPSA) is 63.5 Å². The van der Waals surface area contributed by atoms with Crippen molar-refractivity contribution in [2.75, 3.05) is 6.61 Å². The molecular formula is C14H15Cl2N3O2. The summed E-state index contributed by atoms with van der Waals surface area (Å²) >= 11 is 12.2. The Morgan fingerprint density at radius 2 is 2.29 bits per heavy atom. The van der Waals surface area contributed by atoms with Crippen LogP contribution >= 0.6 is 23.2 Å². The molecule has 1 aliphatic heterocycles. The van der Waals surface area contributed by atoms with Crippen LogP contribution in [0.25, 0.3) is 0 Å². The van der Waals surface area contributed by atoms with Gasteiger partial charge >= 0.3 is 0 Å². The van der Waals surface area contributed by atoms with Crippen molar-refractivity contribution in [2.24, 2.45) is 5.92 Å². The van der Waals surface area contributed by atoms with E-state index in [4.69, 9.17) is 27.9 Å². The van der Waals surface area contributed by atoms with Crippen LogP contribution in [0.1, 0.15) is 12.5 Å². The van der Waals surface area contributed by atoms with Crippen LogP contribution in [-0.4, -0.2) is 32.6 Å². The first kappa shape index (κ1) is 14.8. The molecule has 1 saturated heterocycles. The summed E-state index contributed by atoms with van der Waals surface area (Å²) in [5.74, 6) is -0.139. The number of aliphatic hydroxyl groups is 1. The highest BCUT2D eigenvalue weighted by Gasteiger charge is 2.46. The van der Waals surface area contributed by atoms with Crippen LogP contribution in [0.2, 0.25) is 10.0 Å². The summed E-state index contributed by atoms with van der Waals surface area (Å²) in [6.45, 7) is 2.83. The number of hydrogen-bond acceptors (Lipinski definition) is 4. The molecule has 21 heavy (non-hydrogen) atoms. The second kappa shape index (κ2) is 5.57. The minimum Gasteiger partial charge on any atom is -0.383 e. The van der Waals surface area contributed by atoms with Crippen LogP contribution < -0.4 is 0 Å². The van der Waals surface area contributed by atoms with Crippen LogP contribution in [0.3, 0.4) is 0 Å². The number of nitrogens with zero attached hydrogens (tertiary/aromatic N) is 3. The number of rotatable bonds is 5. The van der Waals surface area contributed by atoms with Crippen LogP contribution in [-0.2, 0) is 16.9 Å². The molecular weight excluding hydrogens is 313 g/mol. The zero-order valence-corrected chi connectivity index (χ0v) is 12.9. The van der Waals surface area contributed by atoms with Gasteiger partial charge in [0.1, 0.15) is 18.3 Å². The molecule has 0 radical (unpaired) electrons. The molecule has 5 nitrogen and oxygen atoms in total. The number of benzene rings is 1. The Hall–Kier alpha value is -1.14. The van der Waals surface area contributed by atoms with Crippen molar-refractivity contribution in [1.82, 2.24) is 14.8 Å².